The third-order valence-electron chi connectivity index (χ3n) is 4.56. The van der Waals surface area contributed by atoms with Crippen molar-refractivity contribution >= 4 is 5.82 Å². The van der Waals surface area contributed by atoms with Crippen LogP contribution in [-0.2, 0) is 4.74 Å². The molecule has 3 rings (SSSR count). The second kappa shape index (κ2) is 7.57. The Morgan fingerprint density at radius 2 is 2.09 bits per heavy atom. The molecule has 1 aromatic heterocycles. The Balaban J connectivity index is 1.40. The molecule has 0 saturated carbocycles. The lowest BCUT2D eigenvalue weighted by atomic mass is 10.1. The summed E-state index contributed by atoms with van der Waals surface area (Å²) >= 11 is 0. The highest BCUT2D eigenvalue weighted by Gasteiger charge is 2.24. The molecule has 1 aromatic rings. The summed E-state index contributed by atoms with van der Waals surface area (Å²) in [7, 11) is 0. The Bertz CT molecular complexity index is 504. The molecular formula is C17H24N4O. The monoisotopic (exact) mass is 300 g/mol. The predicted molar refractivity (Wildman–Crippen MR) is 85.8 cm³/mol. The van der Waals surface area contributed by atoms with Gasteiger partial charge in [0, 0.05) is 25.8 Å². The van der Waals surface area contributed by atoms with Crippen molar-refractivity contribution in [1.29, 1.82) is 5.26 Å². The smallest absolute Gasteiger partial charge is 0.128 e. The highest BCUT2D eigenvalue weighted by atomic mass is 16.5. The van der Waals surface area contributed by atoms with Gasteiger partial charge in [-0.05, 0) is 44.5 Å². The van der Waals surface area contributed by atoms with Crippen LogP contribution in [0.5, 0.6) is 0 Å². The van der Waals surface area contributed by atoms with E-state index in [1.54, 1.807) is 6.20 Å². The van der Waals surface area contributed by atoms with E-state index < -0.39 is 0 Å². The molecule has 0 aromatic carbocycles. The summed E-state index contributed by atoms with van der Waals surface area (Å²) in [6.45, 7) is 6.24. The molecule has 5 nitrogen and oxygen atoms in total. The molecule has 0 radical (unpaired) electrons. The van der Waals surface area contributed by atoms with Gasteiger partial charge in [-0.25, -0.2) is 4.98 Å². The first-order chi connectivity index (χ1) is 10.8. The van der Waals surface area contributed by atoms with Gasteiger partial charge in [0.25, 0.3) is 0 Å². The highest BCUT2D eigenvalue weighted by molar-refractivity contribution is 5.42. The second-order valence-corrected chi connectivity index (χ2v) is 6.15. The quantitative estimate of drug-likeness (QED) is 0.833. The van der Waals surface area contributed by atoms with Crippen LogP contribution in [0.1, 0.15) is 31.2 Å². The third-order valence-corrected chi connectivity index (χ3v) is 4.56. The van der Waals surface area contributed by atoms with E-state index in [9.17, 15) is 0 Å². The number of hydrogen-bond donors (Lipinski definition) is 0. The molecule has 0 unspecified atom stereocenters. The number of anilines is 1. The van der Waals surface area contributed by atoms with E-state index in [-0.39, 0.29) is 0 Å². The Morgan fingerprint density at radius 3 is 2.82 bits per heavy atom. The van der Waals surface area contributed by atoms with Crippen molar-refractivity contribution in [2.24, 2.45) is 0 Å². The highest BCUT2D eigenvalue weighted by Crippen LogP contribution is 2.20. The number of pyridine rings is 1. The Kier molecular flexibility index (Phi) is 5.25. The molecule has 2 aliphatic heterocycles. The van der Waals surface area contributed by atoms with Crippen LogP contribution in [0.2, 0.25) is 0 Å². The molecule has 1 atom stereocenters. The topological polar surface area (TPSA) is 52.4 Å². The maximum atomic E-state index is 8.81. The molecular weight excluding hydrogens is 276 g/mol. The number of nitriles is 1. The Hall–Kier alpha value is -1.64. The summed E-state index contributed by atoms with van der Waals surface area (Å²) in [5.41, 5.74) is 0.609. The van der Waals surface area contributed by atoms with Crippen molar-refractivity contribution in [3.8, 4) is 6.07 Å². The van der Waals surface area contributed by atoms with Crippen molar-refractivity contribution in [2.45, 2.75) is 31.8 Å². The Labute approximate surface area is 132 Å². The fourth-order valence-corrected chi connectivity index (χ4v) is 3.24. The van der Waals surface area contributed by atoms with Crippen molar-refractivity contribution in [2.75, 3.05) is 44.2 Å². The van der Waals surface area contributed by atoms with Crippen molar-refractivity contribution in [3.63, 3.8) is 0 Å². The van der Waals surface area contributed by atoms with Gasteiger partial charge in [0.1, 0.15) is 11.9 Å². The van der Waals surface area contributed by atoms with Crippen molar-refractivity contribution < 1.29 is 4.74 Å². The normalized spacial score (nSPS) is 22.7. The van der Waals surface area contributed by atoms with Crippen LogP contribution >= 0.6 is 0 Å². The van der Waals surface area contributed by atoms with E-state index in [2.05, 4.69) is 20.9 Å². The lowest BCUT2D eigenvalue weighted by Crippen LogP contribution is -2.34. The Morgan fingerprint density at radius 1 is 1.23 bits per heavy atom. The lowest BCUT2D eigenvalue weighted by Gasteiger charge is -2.26. The zero-order chi connectivity index (χ0) is 15.2. The number of rotatable bonds is 5. The van der Waals surface area contributed by atoms with E-state index in [1.807, 2.05) is 12.1 Å². The molecule has 2 aliphatic rings. The van der Waals surface area contributed by atoms with Crippen molar-refractivity contribution in [1.82, 2.24) is 9.88 Å². The molecule has 3 heterocycles. The summed E-state index contributed by atoms with van der Waals surface area (Å²) < 4.78 is 6.04. The van der Waals surface area contributed by atoms with Gasteiger partial charge in [-0.2, -0.15) is 5.26 Å². The number of aromatic nitrogens is 1. The largest absolute Gasteiger partial charge is 0.375 e. The summed E-state index contributed by atoms with van der Waals surface area (Å²) in [6.07, 6.45) is 7.05. The number of nitrogens with zero attached hydrogens (tertiary/aromatic N) is 4. The van der Waals surface area contributed by atoms with Crippen LogP contribution in [0.25, 0.3) is 0 Å². The van der Waals surface area contributed by atoms with Crippen LogP contribution in [-0.4, -0.2) is 55.3 Å². The maximum absolute atomic E-state index is 8.81. The summed E-state index contributed by atoms with van der Waals surface area (Å²) in [5.74, 6) is 0.945. The van der Waals surface area contributed by atoms with Crippen LogP contribution in [0.3, 0.4) is 0 Å². The van der Waals surface area contributed by atoms with Crippen LogP contribution < -0.4 is 4.90 Å². The van der Waals surface area contributed by atoms with Crippen LogP contribution in [0.4, 0.5) is 5.82 Å². The first kappa shape index (κ1) is 15.3. The minimum Gasteiger partial charge on any atom is -0.375 e. The molecule has 5 heteroatoms. The zero-order valence-corrected chi connectivity index (χ0v) is 13.1. The number of piperidine rings is 1. The van der Waals surface area contributed by atoms with Gasteiger partial charge in [0.15, 0.2) is 0 Å². The molecule has 0 amide bonds. The molecule has 118 valence electrons. The van der Waals surface area contributed by atoms with E-state index in [0.717, 1.165) is 38.5 Å². The fourth-order valence-electron chi connectivity index (χ4n) is 3.24. The van der Waals surface area contributed by atoms with E-state index in [4.69, 9.17) is 10.00 Å². The molecule has 0 N–H and O–H groups in total. The molecule has 22 heavy (non-hydrogen) atoms. The fraction of sp³-hybridized carbons (Fsp3) is 0.647. The average molecular weight is 300 g/mol. The number of hydrogen-bond acceptors (Lipinski definition) is 5. The first-order valence-corrected chi connectivity index (χ1v) is 8.30. The van der Waals surface area contributed by atoms with Gasteiger partial charge in [0.2, 0.25) is 0 Å². The van der Waals surface area contributed by atoms with Gasteiger partial charge in [-0.3, -0.25) is 0 Å². The lowest BCUT2D eigenvalue weighted by molar-refractivity contribution is 0.0467. The van der Waals surface area contributed by atoms with E-state index in [1.165, 1.54) is 32.4 Å². The molecule has 2 fully saturated rings. The average Bonchev–Trinajstić information content (AvgIpc) is 3.05. The van der Waals surface area contributed by atoms with Gasteiger partial charge in [0.05, 0.1) is 18.3 Å². The van der Waals surface area contributed by atoms with Crippen LogP contribution in [0, 0.1) is 11.3 Å². The predicted octanol–water partition coefficient (Wildman–Crippen LogP) is 2.03. The SMILES string of the molecule is N#Cc1ccc(N2CC[C@H](OCCN3CCCCC3)C2)nc1. The minimum atomic E-state index is 0.308. The van der Waals surface area contributed by atoms with Crippen molar-refractivity contribution in [3.05, 3.63) is 23.9 Å². The second-order valence-electron chi connectivity index (χ2n) is 6.15. The van der Waals surface area contributed by atoms with Gasteiger partial charge in [-0.1, -0.05) is 6.42 Å². The molecule has 2 saturated heterocycles. The third kappa shape index (κ3) is 3.96. The van der Waals surface area contributed by atoms with Crippen LogP contribution in [0.15, 0.2) is 18.3 Å². The standard InChI is InChI=1S/C17H24N4O/c18-12-15-4-5-17(19-13-15)21-9-6-16(14-21)22-11-10-20-7-2-1-3-8-20/h4-5,13,16H,1-3,6-11,14H2/t16-/m0/s1. The molecule has 0 aliphatic carbocycles. The van der Waals surface area contributed by atoms with Gasteiger partial charge >= 0.3 is 0 Å². The molecule has 0 spiro atoms. The first-order valence-electron chi connectivity index (χ1n) is 8.30. The van der Waals surface area contributed by atoms with Gasteiger partial charge in [-0.15, -0.1) is 0 Å². The maximum Gasteiger partial charge on any atom is 0.128 e. The zero-order valence-electron chi connectivity index (χ0n) is 13.1. The van der Waals surface area contributed by atoms with E-state index >= 15 is 0 Å². The minimum absolute atomic E-state index is 0.308. The van der Waals surface area contributed by atoms with Gasteiger partial charge < -0.3 is 14.5 Å². The number of likely N-dealkylation sites (tertiary alicyclic amines) is 1. The van der Waals surface area contributed by atoms with E-state index in [0.29, 0.717) is 11.7 Å². The summed E-state index contributed by atoms with van der Waals surface area (Å²) in [5, 5.41) is 8.81. The summed E-state index contributed by atoms with van der Waals surface area (Å²) in [6, 6.07) is 5.85. The number of ether oxygens (including phenoxy) is 1. The molecule has 0 bridgehead atoms. The summed E-state index contributed by atoms with van der Waals surface area (Å²) in [4.78, 5) is 9.11.